The van der Waals surface area contributed by atoms with Crippen LogP contribution in [0.15, 0.2) is 79.0 Å². The molecule has 168 valence electrons. The Balaban J connectivity index is 1.76. The van der Waals surface area contributed by atoms with Crippen molar-refractivity contribution in [2.45, 2.75) is 13.0 Å². The predicted molar refractivity (Wildman–Crippen MR) is 133 cm³/mol. The lowest BCUT2D eigenvalue weighted by molar-refractivity contribution is 0.102. The number of hydrogen-bond acceptors (Lipinski definition) is 6. The van der Waals surface area contributed by atoms with Crippen molar-refractivity contribution in [3.63, 3.8) is 0 Å². The molecule has 0 fully saturated rings. The van der Waals surface area contributed by atoms with E-state index in [0.717, 1.165) is 26.8 Å². The molecule has 0 saturated heterocycles. The number of benzene rings is 2. The molecule has 33 heavy (non-hydrogen) atoms. The van der Waals surface area contributed by atoms with E-state index in [1.165, 1.54) is 0 Å². The third-order valence-corrected chi connectivity index (χ3v) is 6.14. The second-order valence-electron chi connectivity index (χ2n) is 7.37. The van der Waals surface area contributed by atoms with Crippen LogP contribution in [0.3, 0.4) is 0 Å². The van der Waals surface area contributed by atoms with Gasteiger partial charge in [-0.05, 0) is 55.0 Å². The minimum absolute atomic E-state index is 0.150. The Bertz CT molecular complexity index is 1230. The molecule has 0 radical (unpaired) electrons. The Morgan fingerprint density at radius 1 is 0.939 bits per heavy atom. The molecule has 0 aliphatic carbocycles. The quantitative estimate of drug-likeness (QED) is 0.342. The molecule has 1 atom stereocenters. The fourth-order valence-corrected chi connectivity index (χ4v) is 4.53. The highest BCUT2D eigenvalue weighted by Gasteiger charge is 2.23. The highest BCUT2D eigenvalue weighted by Crippen LogP contribution is 2.40. The van der Waals surface area contributed by atoms with Crippen LogP contribution in [0.5, 0.6) is 11.5 Å². The number of carbonyl (C=O) groups is 1. The molecule has 2 N–H and O–H groups in total. The molecule has 2 heterocycles. The Morgan fingerprint density at radius 3 is 2.39 bits per heavy atom. The van der Waals surface area contributed by atoms with Crippen LogP contribution < -0.4 is 20.1 Å². The Labute approximate surface area is 197 Å². The van der Waals surface area contributed by atoms with Gasteiger partial charge in [-0.15, -0.1) is 11.3 Å². The zero-order chi connectivity index (χ0) is 23.2. The van der Waals surface area contributed by atoms with E-state index in [1.54, 1.807) is 43.9 Å². The maximum atomic E-state index is 12.9. The van der Waals surface area contributed by atoms with Crippen LogP contribution in [0.25, 0.3) is 0 Å². The number of aryl methyl sites for hydroxylation is 1. The minimum atomic E-state index is -0.282. The van der Waals surface area contributed by atoms with Gasteiger partial charge in [-0.25, -0.2) is 4.98 Å². The molecule has 0 spiro atoms. The smallest absolute Gasteiger partial charge is 0.256 e. The molecular weight excluding hydrogens is 434 g/mol. The van der Waals surface area contributed by atoms with E-state index in [2.05, 4.69) is 21.7 Å². The summed E-state index contributed by atoms with van der Waals surface area (Å²) in [6.07, 6.45) is 1.74. The summed E-state index contributed by atoms with van der Waals surface area (Å²) >= 11 is 1.54. The van der Waals surface area contributed by atoms with Gasteiger partial charge in [-0.1, -0.05) is 30.3 Å². The van der Waals surface area contributed by atoms with Crippen molar-refractivity contribution in [2.75, 3.05) is 24.9 Å². The molecule has 2 aromatic carbocycles. The zero-order valence-electron chi connectivity index (χ0n) is 18.7. The lowest BCUT2D eigenvalue weighted by Gasteiger charge is -2.22. The maximum Gasteiger partial charge on any atom is 0.256 e. The SMILES string of the molecule is COc1ccc(C(Nc2ccccn2)c2cc(C)sc2NC(=O)c2ccccc2)cc1OC. The summed E-state index contributed by atoms with van der Waals surface area (Å²) in [7, 11) is 3.23. The fourth-order valence-electron chi connectivity index (χ4n) is 3.58. The number of rotatable bonds is 8. The second-order valence-corrected chi connectivity index (χ2v) is 8.62. The number of nitrogens with zero attached hydrogens (tertiary/aromatic N) is 1. The summed E-state index contributed by atoms with van der Waals surface area (Å²) in [5.74, 6) is 1.85. The lowest BCUT2D eigenvalue weighted by Crippen LogP contribution is -2.17. The Hall–Kier alpha value is -3.84. The van der Waals surface area contributed by atoms with Crippen LogP contribution >= 0.6 is 11.3 Å². The summed E-state index contributed by atoms with van der Waals surface area (Å²) in [6.45, 7) is 2.03. The van der Waals surface area contributed by atoms with Gasteiger partial charge < -0.3 is 20.1 Å². The van der Waals surface area contributed by atoms with Crippen molar-refractivity contribution in [3.8, 4) is 11.5 Å². The van der Waals surface area contributed by atoms with Gasteiger partial charge in [0.15, 0.2) is 11.5 Å². The molecule has 2 aromatic heterocycles. The van der Waals surface area contributed by atoms with E-state index in [0.29, 0.717) is 17.1 Å². The molecule has 4 aromatic rings. The average molecular weight is 460 g/mol. The standard InChI is InChI=1S/C26H25N3O3S/c1-17-15-20(26(33-17)29-25(30)18-9-5-4-6-10-18)24(28-23-11-7-8-14-27-23)19-12-13-21(31-2)22(16-19)32-3/h4-16,24H,1-3H3,(H,27,28)(H,29,30). The first kappa shape index (κ1) is 22.4. The van der Waals surface area contributed by atoms with Gasteiger partial charge in [0.2, 0.25) is 0 Å². The number of hydrogen-bond donors (Lipinski definition) is 2. The first-order valence-corrected chi connectivity index (χ1v) is 11.3. The van der Waals surface area contributed by atoms with Crippen LogP contribution in [-0.2, 0) is 0 Å². The number of thiophene rings is 1. The predicted octanol–water partition coefficient (Wildman–Crippen LogP) is 5.92. The molecule has 1 amide bonds. The van der Waals surface area contributed by atoms with E-state index in [9.17, 15) is 4.79 Å². The molecule has 0 saturated carbocycles. The molecule has 0 aliphatic rings. The molecule has 0 aliphatic heterocycles. The molecule has 7 heteroatoms. The summed E-state index contributed by atoms with van der Waals surface area (Å²) in [6, 6.07) is 22.5. The van der Waals surface area contributed by atoms with Crippen molar-refractivity contribution in [3.05, 3.63) is 101 Å². The van der Waals surface area contributed by atoms with Crippen molar-refractivity contribution in [1.82, 2.24) is 4.98 Å². The van der Waals surface area contributed by atoms with Crippen LogP contribution in [0.4, 0.5) is 10.8 Å². The fraction of sp³-hybridized carbons (Fsp3) is 0.154. The number of pyridine rings is 1. The highest BCUT2D eigenvalue weighted by atomic mass is 32.1. The Morgan fingerprint density at radius 2 is 1.70 bits per heavy atom. The highest BCUT2D eigenvalue weighted by molar-refractivity contribution is 7.16. The lowest BCUT2D eigenvalue weighted by atomic mass is 9.99. The summed E-state index contributed by atoms with van der Waals surface area (Å²) in [5.41, 5.74) is 2.50. The van der Waals surface area contributed by atoms with E-state index < -0.39 is 0 Å². The third kappa shape index (κ3) is 5.15. The molecule has 1 unspecified atom stereocenters. The minimum Gasteiger partial charge on any atom is -0.493 e. The van der Waals surface area contributed by atoms with Crippen molar-refractivity contribution in [2.24, 2.45) is 0 Å². The largest absolute Gasteiger partial charge is 0.493 e. The topological polar surface area (TPSA) is 72.5 Å². The summed E-state index contributed by atoms with van der Waals surface area (Å²) in [4.78, 5) is 18.4. The first-order chi connectivity index (χ1) is 16.1. The maximum absolute atomic E-state index is 12.9. The summed E-state index contributed by atoms with van der Waals surface area (Å²) < 4.78 is 10.9. The number of amides is 1. The van der Waals surface area contributed by atoms with Gasteiger partial charge in [-0.3, -0.25) is 4.79 Å². The van der Waals surface area contributed by atoms with Crippen LogP contribution in [0.1, 0.15) is 32.4 Å². The van der Waals surface area contributed by atoms with E-state index >= 15 is 0 Å². The molecule has 4 rings (SSSR count). The van der Waals surface area contributed by atoms with E-state index in [-0.39, 0.29) is 11.9 Å². The van der Waals surface area contributed by atoms with Gasteiger partial charge in [-0.2, -0.15) is 0 Å². The normalized spacial score (nSPS) is 11.5. The molecule has 0 bridgehead atoms. The average Bonchev–Trinajstić information content (AvgIpc) is 3.22. The van der Waals surface area contributed by atoms with Crippen LogP contribution in [0.2, 0.25) is 0 Å². The van der Waals surface area contributed by atoms with Gasteiger partial charge in [0.25, 0.3) is 5.91 Å². The van der Waals surface area contributed by atoms with E-state index in [4.69, 9.17) is 9.47 Å². The Kier molecular flexibility index (Phi) is 6.90. The van der Waals surface area contributed by atoms with Gasteiger partial charge >= 0.3 is 0 Å². The van der Waals surface area contributed by atoms with Crippen molar-refractivity contribution in [1.29, 1.82) is 0 Å². The zero-order valence-corrected chi connectivity index (χ0v) is 19.5. The van der Waals surface area contributed by atoms with Crippen molar-refractivity contribution >= 4 is 28.1 Å². The first-order valence-electron chi connectivity index (χ1n) is 10.4. The van der Waals surface area contributed by atoms with Gasteiger partial charge in [0.1, 0.15) is 10.8 Å². The second kappa shape index (κ2) is 10.2. The van der Waals surface area contributed by atoms with Gasteiger partial charge in [0, 0.05) is 22.2 Å². The number of anilines is 2. The summed E-state index contributed by atoms with van der Waals surface area (Å²) in [5, 5.41) is 7.40. The third-order valence-electron chi connectivity index (χ3n) is 5.16. The van der Waals surface area contributed by atoms with Crippen molar-refractivity contribution < 1.29 is 14.3 Å². The number of aromatic nitrogens is 1. The van der Waals surface area contributed by atoms with Crippen LogP contribution in [-0.4, -0.2) is 25.1 Å². The van der Waals surface area contributed by atoms with E-state index in [1.807, 2.05) is 61.5 Å². The molecular formula is C26H25N3O3S. The van der Waals surface area contributed by atoms with Crippen LogP contribution in [0, 0.1) is 6.92 Å². The molecule has 6 nitrogen and oxygen atoms in total. The number of methoxy groups -OCH3 is 2. The van der Waals surface area contributed by atoms with Gasteiger partial charge in [0.05, 0.1) is 20.3 Å². The monoisotopic (exact) mass is 459 g/mol. The number of nitrogens with one attached hydrogen (secondary N) is 2. The number of ether oxygens (including phenoxy) is 2. The number of carbonyl (C=O) groups excluding carboxylic acids is 1.